The Balaban J connectivity index is 2.15. The van der Waals surface area contributed by atoms with Crippen LogP contribution in [-0.4, -0.2) is 15.7 Å². The van der Waals surface area contributed by atoms with Crippen LogP contribution in [0.15, 0.2) is 5.38 Å². The van der Waals surface area contributed by atoms with Gasteiger partial charge in [0.05, 0.1) is 16.3 Å². The van der Waals surface area contributed by atoms with Gasteiger partial charge in [0.2, 0.25) is 0 Å². The van der Waals surface area contributed by atoms with E-state index >= 15 is 0 Å². The lowest BCUT2D eigenvalue weighted by molar-refractivity contribution is 0.00437. The van der Waals surface area contributed by atoms with Crippen molar-refractivity contribution in [2.45, 2.75) is 71.8 Å². The van der Waals surface area contributed by atoms with Crippen LogP contribution in [0.25, 0.3) is 0 Å². The molecule has 1 aliphatic carbocycles. The molecule has 0 aromatic carbocycles. The van der Waals surface area contributed by atoms with Gasteiger partial charge in [0, 0.05) is 17.2 Å². The SMILES string of the molecule is CC1CC(C)(C)CC1(O)Cc1nc(C(C)(C)C)cs1. The van der Waals surface area contributed by atoms with Gasteiger partial charge in [-0.25, -0.2) is 4.98 Å². The minimum absolute atomic E-state index is 0.0952. The van der Waals surface area contributed by atoms with Gasteiger partial charge >= 0.3 is 0 Å². The lowest BCUT2D eigenvalue weighted by atomic mass is 9.87. The Bertz CT molecular complexity index is 458. The number of aromatic nitrogens is 1. The van der Waals surface area contributed by atoms with Gasteiger partial charge in [-0.3, -0.25) is 0 Å². The maximum atomic E-state index is 10.9. The number of hydrogen-bond acceptors (Lipinski definition) is 3. The number of thiazole rings is 1. The Hall–Kier alpha value is -0.410. The highest BCUT2D eigenvalue weighted by atomic mass is 32.1. The molecule has 0 amide bonds. The van der Waals surface area contributed by atoms with Crippen LogP contribution in [0.5, 0.6) is 0 Å². The zero-order valence-corrected chi connectivity index (χ0v) is 13.9. The molecule has 1 N–H and O–H groups in total. The second kappa shape index (κ2) is 4.56. The topological polar surface area (TPSA) is 33.1 Å². The summed E-state index contributed by atoms with van der Waals surface area (Å²) in [5.74, 6) is 0.351. The Morgan fingerprint density at radius 2 is 2.05 bits per heavy atom. The lowest BCUT2D eigenvalue weighted by Gasteiger charge is -2.27. The van der Waals surface area contributed by atoms with Crippen LogP contribution in [0.2, 0.25) is 0 Å². The van der Waals surface area contributed by atoms with E-state index in [4.69, 9.17) is 4.98 Å². The number of aliphatic hydroxyl groups is 1. The molecular weight excluding hydrogens is 254 g/mol. The van der Waals surface area contributed by atoms with Crippen molar-refractivity contribution in [1.29, 1.82) is 0 Å². The molecule has 19 heavy (non-hydrogen) atoms. The number of hydrogen-bond donors (Lipinski definition) is 1. The zero-order valence-electron chi connectivity index (χ0n) is 13.1. The maximum absolute atomic E-state index is 10.9. The first-order chi connectivity index (χ1) is 8.52. The van der Waals surface area contributed by atoms with Crippen molar-refractivity contribution in [2.24, 2.45) is 11.3 Å². The first-order valence-electron chi connectivity index (χ1n) is 7.19. The fourth-order valence-electron chi connectivity index (χ4n) is 3.33. The summed E-state index contributed by atoms with van der Waals surface area (Å²) in [6, 6.07) is 0. The molecule has 0 bridgehead atoms. The Morgan fingerprint density at radius 3 is 2.47 bits per heavy atom. The molecule has 2 nitrogen and oxygen atoms in total. The summed E-state index contributed by atoms with van der Waals surface area (Å²) in [6.45, 7) is 13.2. The third-order valence-corrected chi connectivity index (χ3v) is 5.19. The second-order valence-electron chi connectivity index (χ2n) is 8.10. The minimum Gasteiger partial charge on any atom is -0.389 e. The van der Waals surface area contributed by atoms with Crippen molar-refractivity contribution in [3.63, 3.8) is 0 Å². The average molecular weight is 281 g/mol. The van der Waals surface area contributed by atoms with Crippen LogP contribution in [0.1, 0.15) is 65.1 Å². The molecule has 3 heteroatoms. The summed E-state index contributed by atoms with van der Waals surface area (Å²) >= 11 is 1.69. The zero-order chi connectivity index (χ0) is 14.5. The van der Waals surface area contributed by atoms with E-state index in [9.17, 15) is 5.11 Å². The van der Waals surface area contributed by atoms with Gasteiger partial charge < -0.3 is 5.11 Å². The summed E-state index contributed by atoms with van der Waals surface area (Å²) < 4.78 is 0. The van der Waals surface area contributed by atoms with Gasteiger partial charge in [0.25, 0.3) is 0 Å². The lowest BCUT2D eigenvalue weighted by Crippen LogP contribution is -2.34. The van der Waals surface area contributed by atoms with Crippen molar-refractivity contribution in [3.05, 3.63) is 16.1 Å². The van der Waals surface area contributed by atoms with Gasteiger partial charge in [-0.05, 0) is 24.2 Å². The van der Waals surface area contributed by atoms with Crippen molar-refractivity contribution in [3.8, 4) is 0 Å². The molecule has 1 aromatic rings. The molecule has 1 aromatic heterocycles. The third kappa shape index (κ3) is 3.19. The van der Waals surface area contributed by atoms with Gasteiger partial charge in [0.1, 0.15) is 0 Å². The van der Waals surface area contributed by atoms with Gasteiger partial charge in [-0.15, -0.1) is 11.3 Å². The molecule has 1 aliphatic rings. The molecular formula is C16H27NOS. The summed E-state index contributed by atoms with van der Waals surface area (Å²) in [5, 5.41) is 14.2. The van der Waals surface area contributed by atoms with Crippen LogP contribution < -0.4 is 0 Å². The van der Waals surface area contributed by atoms with E-state index in [0.717, 1.165) is 23.5 Å². The molecule has 0 radical (unpaired) electrons. The fraction of sp³-hybridized carbons (Fsp3) is 0.812. The predicted molar refractivity (Wildman–Crippen MR) is 81.6 cm³/mol. The van der Waals surface area contributed by atoms with E-state index in [1.165, 1.54) is 0 Å². The van der Waals surface area contributed by atoms with Crippen molar-refractivity contribution >= 4 is 11.3 Å². The Kier molecular flexibility index (Phi) is 3.60. The standard InChI is InChI=1S/C16H27NOS/c1-11-7-15(5,6)10-16(11,18)8-13-17-12(9-19-13)14(2,3)4/h9,11,18H,7-8,10H2,1-6H3. The highest BCUT2D eigenvalue weighted by molar-refractivity contribution is 7.09. The molecule has 1 saturated carbocycles. The summed E-state index contributed by atoms with van der Waals surface area (Å²) in [6.07, 6.45) is 2.69. The van der Waals surface area contributed by atoms with Gasteiger partial charge in [0.15, 0.2) is 0 Å². The number of nitrogens with zero attached hydrogens (tertiary/aromatic N) is 1. The normalized spacial score (nSPS) is 30.8. The average Bonchev–Trinajstić information content (AvgIpc) is 2.69. The van der Waals surface area contributed by atoms with E-state index in [2.05, 4.69) is 46.9 Å². The largest absolute Gasteiger partial charge is 0.389 e. The molecule has 2 rings (SSSR count). The van der Waals surface area contributed by atoms with Crippen LogP contribution in [0.3, 0.4) is 0 Å². The molecule has 108 valence electrons. The highest BCUT2D eigenvalue weighted by Crippen LogP contribution is 2.49. The smallest absolute Gasteiger partial charge is 0.0957 e. The van der Waals surface area contributed by atoms with Crippen molar-refractivity contribution < 1.29 is 5.11 Å². The van der Waals surface area contributed by atoms with E-state index in [1.54, 1.807) is 11.3 Å². The van der Waals surface area contributed by atoms with Crippen molar-refractivity contribution in [1.82, 2.24) is 4.98 Å². The van der Waals surface area contributed by atoms with Gasteiger partial charge in [-0.1, -0.05) is 41.5 Å². The molecule has 0 spiro atoms. The summed E-state index contributed by atoms with van der Waals surface area (Å²) in [5.41, 5.74) is 0.910. The molecule has 0 aliphatic heterocycles. The van der Waals surface area contributed by atoms with E-state index in [1.807, 2.05) is 0 Å². The van der Waals surface area contributed by atoms with Crippen LogP contribution in [0.4, 0.5) is 0 Å². The van der Waals surface area contributed by atoms with E-state index in [-0.39, 0.29) is 10.8 Å². The van der Waals surface area contributed by atoms with Crippen LogP contribution in [0, 0.1) is 11.3 Å². The molecule has 1 fully saturated rings. The fourth-order valence-corrected chi connectivity index (χ4v) is 4.47. The minimum atomic E-state index is -0.573. The second-order valence-corrected chi connectivity index (χ2v) is 9.05. The third-order valence-electron chi connectivity index (χ3n) is 4.34. The predicted octanol–water partition coefficient (Wildman–Crippen LogP) is 4.17. The van der Waals surface area contributed by atoms with Gasteiger partial charge in [-0.2, -0.15) is 0 Å². The molecule has 1 heterocycles. The first-order valence-corrected chi connectivity index (χ1v) is 8.07. The number of rotatable bonds is 2. The Labute approximate surface area is 121 Å². The maximum Gasteiger partial charge on any atom is 0.0957 e. The molecule has 0 saturated heterocycles. The van der Waals surface area contributed by atoms with Crippen molar-refractivity contribution in [2.75, 3.05) is 0 Å². The van der Waals surface area contributed by atoms with Crippen LogP contribution >= 0.6 is 11.3 Å². The highest BCUT2D eigenvalue weighted by Gasteiger charge is 2.47. The quantitative estimate of drug-likeness (QED) is 0.882. The van der Waals surface area contributed by atoms with E-state index in [0.29, 0.717) is 12.3 Å². The molecule has 2 unspecified atom stereocenters. The Morgan fingerprint density at radius 1 is 1.42 bits per heavy atom. The first kappa shape index (κ1) is 15.0. The summed E-state index contributed by atoms with van der Waals surface area (Å²) in [4.78, 5) is 4.73. The van der Waals surface area contributed by atoms with E-state index < -0.39 is 5.60 Å². The summed E-state index contributed by atoms with van der Waals surface area (Å²) in [7, 11) is 0. The van der Waals surface area contributed by atoms with Crippen LogP contribution in [-0.2, 0) is 11.8 Å². The monoisotopic (exact) mass is 281 g/mol. The molecule has 2 atom stereocenters.